The van der Waals surface area contributed by atoms with Crippen LogP contribution < -0.4 is 5.32 Å². The molecular formula is C10H14N6S. The summed E-state index contributed by atoms with van der Waals surface area (Å²) in [4.78, 5) is 12.9. The van der Waals surface area contributed by atoms with Crippen LogP contribution in [0.4, 0.5) is 5.82 Å². The Bertz CT molecular complexity index is 536. The topological polar surface area (TPSA) is 68.5 Å². The van der Waals surface area contributed by atoms with Crippen molar-refractivity contribution in [1.82, 2.24) is 24.7 Å². The largest absolute Gasteiger partial charge is 0.373 e. The minimum absolute atomic E-state index is 0.740. The highest BCUT2D eigenvalue weighted by Gasteiger charge is 2.12. The van der Waals surface area contributed by atoms with Gasteiger partial charge in [-0.2, -0.15) is 5.10 Å². The Morgan fingerprint density at radius 3 is 2.65 bits per heavy atom. The summed E-state index contributed by atoms with van der Waals surface area (Å²) >= 11 is 1.49. The van der Waals surface area contributed by atoms with Gasteiger partial charge in [-0.25, -0.2) is 19.6 Å². The van der Waals surface area contributed by atoms with Crippen LogP contribution in [0.1, 0.15) is 11.4 Å². The Balaban J connectivity index is 2.39. The molecule has 0 fully saturated rings. The molecule has 0 saturated heterocycles. The van der Waals surface area contributed by atoms with Gasteiger partial charge >= 0.3 is 0 Å². The lowest BCUT2D eigenvalue weighted by Gasteiger charge is -2.09. The van der Waals surface area contributed by atoms with Crippen LogP contribution in [-0.4, -0.2) is 31.8 Å². The molecule has 0 spiro atoms. The van der Waals surface area contributed by atoms with E-state index in [1.165, 1.54) is 18.1 Å². The molecular weight excluding hydrogens is 236 g/mol. The molecule has 2 rings (SSSR count). The smallest absolute Gasteiger partial charge is 0.192 e. The third-order valence-corrected chi connectivity index (χ3v) is 3.45. The normalized spacial score (nSPS) is 10.6. The SMILES string of the molecule is CNc1nc(C)nc(Sc2ncnn2C)c1C. The molecule has 0 bridgehead atoms. The molecule has 0 radical (unpaired) electrons. The summed E-state index contributed by atoms with van der Waals surface area (Å²) in [6.45, 7) is 3.87. The molecule has 0 aromatic carbocycles. The van der Waals surface area contributed by atoms with Crippen LogP contribution in [0.25, 0.3) is 0 Å². The maximum atomic E-state index is 4.43. The maximum absolute atomic E-state index is 4.43. The first-order chi connectivity index (χ1) is 8.11. The van der Waals surface area contributed by atoms with Crippen molar-refractivity contribution in [3.05, 3.63) is 17.7 Å². The van der Waals surface area contributed by atoms with Gasteiger partial charge in [-0.05, 0) is 25.6 Å². The van der Waals surface area contributed by atoms with Crippen molar-refractivity contribution in [2.24, 2.45) is 7.05 Å². The van der Waals surface area contributed by atoms with Gasteiger partial charge in [-0.3, -0.25) is 0 Å². The second-order valence-electron chi connectivity index (χ2n) is 3.57. The molecule has 2 aromatic rings. The van der Waals surface area contributed by atoms with Crippen molar-refractivity contribution >= 4 is 17.6 Å². The number of nitrogens with zero attached hydrogens (tertiary/aromatic N) is 5. The van der Waals surface area contributed by atoms with Crippen molar-refractivity contribution < 1.29 is 0 Å². The Labute approximate surface area is 104 Å². The molecule has 0 unspecified atom stereocenters. The van der Waals surface area contributed by atoms with Crippen LogP contribution in [0.5, 0.6) is 0 Å². The molecule has 0 aliphatic rings. The molecule has 17 heavy (non-hydrogen) atoms. The molecule has 2 aromatic heterocycles. The summed E-state index contributed by atoms with van der Waals surface area (Å²) in [5, 5.41) is 8.81. The predicted molar refractivity (Wildman–Crippen MR) is 66.2 cm³/mol. The van der Waals surface area contributed by atoms with Gasteiger partial charge in [-0.1, -0.05) is 0 Å². The number of aryl methyl sites for hydroxylation is 2. The maximum Gasteiger partial charge on any atom is 0.192 e. The Hall–Kier alpha value is -1.63. The lowest BCUT2D eigenvalue weighted by molar-refractivity contribution is 0.684. The summed E-state index contributed by atoms with van der Waals surface area (Å²) in [5.41, 5.74) is 1.02. The quantitative estimate of drug-likeness (QED) is 0.831. The van der Waals surface area contributed by atoms with Gasteiger partial charge in [0.25, 0.3) is 0 Å². The van der Waals surface area contributed by atoms with E-state index in [0.29, 0.717) is 0 Å². The van der Waals surface area contributed by atoms with Gasteiger partial charge in [-0.15, -0.1) is 0 Å². The van der Waals surface area contributed by atoms with Crippen molar-refractivity contribution in [3.63, 3.8) is 0 Å². The van der Waals surface area contributed by atoms with E-state index < -0.39 is 0 Å². The summed E-state index contributed by atoms with van der Waals surface area (Å²) in [7, 11) is 3.71. The first-order valence-electron chi connectivity index (χ1n) is 5.16. The van der Waals surface area contributed by atoms with Gasteiger partial charge in [0.2, 0.25) is 0 Å². The Morgan fingerprint density at radius 1 is 1.29 bits per heavy atom. The Morgan fingerprint density at radius 2 is 2.06 bits per heavy atom. The zero-order valence-electron chi connectivity index (χ0n) is 10.2. The first-order valence-corrected chi connectivity index (χ1v) is 5.98. The summed E-state index contributed by atoms with van der Waals surface area (Å²) in [6, 6.07) is 0. The van der Waals surface area contributed by atoms with Gasteiger partial charge in [0.1, 0.15) is 23.0 Å². The summed E-state index contributed by atoms with van der Waals surface area (Å²) in [5.74, 6) is 1.59. The predicted octanol–water partition coefficient (Wildman–Crippen LogP) is 1.41. The van der Waals surface area contributed by atoms with E-state index >= 15 is 0 Å². The highest BCUT2D eigenvalue weighted by atomic mass is 32.2. The molecule has 2 heterocycles. The van der Waals surface area contributed by atoms with Crippen LogP contribution in [0.3, 0.4) is 0 Å². The van der Waals surface area contributed by atoms with Gasteiger partial charge in [0.05, 0.1) is 0 Å². The number of nitrogens with one attached hydrogen (secondary N) is 1. The van der Waals surface area contributed by atoms with Crippen molar-refractivity contribution in [1.29, 1.82) is 0 Å². The van der Waals surface area contributed by atoms with E-state index in [-0.39, 0.29) is 0 Å². The Kier molecular flexibility index (Phi) is 3.28. The number of hydrogen-bond donors (Lipinski definition) is 1. The van der Waals surface area contributed by atoms with Gasteiger partial charge < -0.3 is 5.32 Å². The fourth-order valence-corrected chi connectivity index (χ4v) is 2.29. The summed E-state index contributed by atoms with van der Waals surface area (Å²) in [6.07, 6.45) is 1.53. The molecule has 1 N–H and O–H groups in total. The third-order valence-electron chi connectivity index (χ3n) is 2.31. The van der Waals surface area contributed by atoms with E-state index in [0.717, 1.165) is 27.4 Å². The highest BCUT2D eigenvalue weighted by Crippen LogP contribution is 2.29. The zero-order chi connectivity index (χ0) is 12.4. The number of rotatable bonds is 3. The van der Waals surface area contributed by atoms with Crippen LogP contribution in [0, 0.1) is 13.8 Å². The molecule has 0 aliphatic heterocycles. The van der Waals surface area contributed by atoms with Crippen LogP contribution in [-0.2, 0) is 7.05 Å². The fraction of sp³-hybridized carbons (Fsp3) is 0.400. The van der Waals surface area contributed by atoms with Crippen LogP contribution in [0.2, 0.25) is 0 Å². The minimum Gasteiger partial charge on any atom is -0.373 e. The van der Waals surface area contributed by atoms with Gasteiger partial charge in [0.15, 0.2) is 5.16 Å². The molecule has 0 aliphatic carbocycles. The molecule has 0 amide bonds. The monoisotopic (exact) mass is 250 g/mol. The van der Waals surface area contributed by atoms with E-state index in [2.05, 4.69) is 25.4 Å². The molecule has 0 saturated carbocycles. The van der Waals surface area contributed by atoms with Crippen molar-refractivity contribution in [2.75, 3.05) is 12.4 Å². The van der Waals surface area contributed by atoms with E-state index in [1.807, 2.05) is 27.9 Å². The third kappa shape index (κ3) is 2.38. The van der Waals surface area contributed by atoms with E-state index in [4.69, 9.17) is 0 Å². The van der Waals surface area contributed by atoms with Crippen molar-refractivity contribution in [3.8, 4) is 0 Å². The molecule has 7 heteroatoms. The second kappa shape index (κ2) is 4.70. The van der Waals surface area contributed by atoms with E-state index in [1.54, 1.807) is 4.68 Å². The van der Waals surface area contributed by atoms with Crippen LogP contribution >= 0.6 is 11.8 Å². The second-order valence-corrected chi connectivity index (χ2v) is 4.52. The zero-order valence-corrected chi connectivity index (χ0v) is 11.0. The lowest BCUT2D eigenvalue weighted by atomic mass is 10.3. The molecule has 90 valence electrons. The lowest BCUT2D eigenvalue weighted by Crippen LogP contribution is -2.02. The average Bonchev–Trinajstić information content (AvgIpc) is 2.69. The number of aromatic nitrogens is 5. The number of anilines is 1. The fourth-order valence-electron chi connectivity index (χ4n) is 1.41. The standard InChI is InChI=1S/C10H14N6S/c1-6-8(11-3)14-7(2)15-9(6)17-10-12-5-13-16(10)4/h5H,1-4H3,(H,11,14,15). The number of hydrogen-bond acceptors (Lipinski definition) is 6. The highest BCUT2D eigenvalue weighted by molar-refractivity contribution is 7.99. The van der Waals surface area contributed by atoms with Gasteiger partial charge in [0, 0.05) is 19.7 Å². The minimum atomic E-state index is 0.740. The van der Waals surface area contributed by atoms with Crippen LogP contribution in [0.15, 0.2) is 16.5 Å². The average molecular weight is 250 g/mol. The molecule has 0 atom stereocenters. The first kappa shape index (κ1) is 11.8. The summed E-state index contributed by atoms with van der Waals surface area (Å²) < 4.78 is 1.72. The molecule has 6 nitrogen and oxygen atoms in total. The van der Waals surface area contributed by atoms with E-state index in [9.17, 15) is 0 Å². The van der Waals surface area contributed by atoms with Crippen molar-refractivity contribution in [2.45, 2.75) is 24.0 Å².